The topological polar surface area (TPSA) is 85.4 Å². The monoisotopic (exact) mass is 374 g/mol. The van der Waals surface area contributed by atoms with E-state index in [1.807, 2.05) is 19.1 Å². The highest BCUT2D eigenvalue weighted by molar-refractivity contribution is 6.32. The predicted molar refractivity (Wildman–Crippen MR) is 98.2 cm³/mol. The first-order valence-electron chi connectivity index (χ1n) is 8.07. The van der Waals surface area contributed by atoms with Crippen LogP contribution in [0.4, 0.5) is 5.69 Å². The number of rotatable bonds is 7. The van der Waals surface area contributed by atoms with Gasteiger partial charge in [-0.2, -0.15) is 0 Å². The van der Waals surface area contributed by atoms with Gasteiger partial charge in [0.2, 0.25) is 0 Å². The summed E-state index contributed by atoms with van der Waals surface area (Å²) in [5.74, 6) is -1.30. The van der Waals surface area contributed by atoms with Gasteiger partial charge in [-0.3, -0.25) is 14.4 Å². The van der Waals surface area contributed by atoms with Crippen molar-refractivity contribution in [3.05, 3.63) is 58.9 Å². The lowest BCUT2D eigenvalue weighted by Gasteiger charge is -2.13. The van der Waals surface area contributed by atoms with Gasteiger partial charge in [0.15, 0.2) is 17.0 Å². The van der Waals surface area contributed by atoms with Crippen molar-refractivity contribution < 1.29 is 19.1 Å². The van der Waals surface area contributed by atoms with Gasteiger partial charge in [-0.05, 0) is 26.0 Å². The minimum absolute atomic E-state index is 0.0185. The molecule has 0 saturated heterocycles. The minimum atomic E-state index is -1.02. The molecule has 1 heterocycles. The maximum atomic E-state index is 12.1. The zero-order valence-corrected chi connectivity index (χ0v) is 15.2. The molecule has 0 saturated carbocycles. The molecule has 7 heteroatoms. The summed E-state index contributed by atoms with van der Waals surface area (Å²) in [6, 6.07) is 10.3. The quantitative estimate of drug-likeness (QED) is 0.455. The summed E-state index contributed by atoms with van der Waals surface area (Å²) in [5, 5.41) is 2.68. The third kappa shape index (κ3) is 5.67. The maximum absolute atomic E-state index is 12.1. The average Bonchev–Trinajstić information content (AvgIpc) is 2.62. The summed E-state index contributed by atoms with van der Waals surface area (Å²) in [4.78, 5) is 39.8. The van der Waals surface area contributed by atoms with E-state index >= 15 is 0 Å². The van der Waals surface area contributed by atoms with Crippen LogP contribution in [0.15, 0.2) is 42.6 Å². The van der Waals surface area contributed by atoms with E-state index in [2.05, 4.69) is 10.3 Å². The highest BCUT2D eigenvalue weighted by atomic mass is 35.5. The molecule has 0 fully saturated rings. The summed E-state index contributed by atoms with van der Waals surface area (Å²) < 4.78 is 5.06. The summed E-state index contributed by atoms with van der Waals surface area (Å²) in [7, 11) is 0. The van der Waals surface area contributed by atoms with Gasteiger partial charge in [0.1, 0.15) is 0 Å². The van der Waals surface area contributed by atoms with Gasteiger partial charge in [-0.25, -0.2) is 4.98 Å². The number of Topliss-reactive ketones (excluding diaryl/α,β-unsaturated/α-hetero) is 1. The second-order valence-electron chi connectivity index (χ2n) is 5.75. The van der Waals surface area contributed by atoms with Gasteiger partial charge < -0.3 is 10.1 Å². The molecule has 0 aliphatic heterocycles. The molecule has 1 aromatic heterocycles. The van der Waals surface area contributed by atoms with Gasteiger partial charge in [0, 0.05) is 18.2 Å². The number of hydrogen-bond donors (Lipinski definition) is 1. The largest absolute Gasteiger partial charge is 0.453 e. The van der Waals surface area contributed by atoms with Crippen LogP contribution in [0.5, 0.6) is 0 Å². The average molecular weight is 375 g/mol. The van der Waals surface area contributed by atoms with Crippen molar-refractivity contribution in [2.45, 2.75) is 32.8 Å². The summed E-state index contributed by atoms with van der Waals surface area (Å²) in [5.41, 5.74) is 1.92. The van der Waals surface area contributed by atoms with Crippen LogP contribution in [-0.4, -0.2) is 28.7 Å². The van der Waals surface area contributed by atoms with E-state index in [1.54, 1.807) is 24.3 Å². The Morgan fingerprint density at radius 2 is 1.85 bits per heavy atom. The number of esters is 1. The Labute approximate surface area is 156 Å². The molecule has 2 rings (SSSR count). The van der Waals surface area contributed by atoms with Crippen molar-refractivity contribution in [1.82, 2.24) is 4.98 Å². The number of pyridine rings is 1. The van der Waals surface area contributed by atoms with Crippen molar-refractivity contribution >= 4 is 34.9 Å². The number of carbonyl (C=O) groups is 3. The fourth-order valence-electron chi connectivity index (χ4n) is 2.12. The van der Waals surface area contributed by atoms with Crippen molar-refractivity contribution in [2.75, 3.05) is 5.32 Å². The number of ketones is 1. The number of amides is 1. The highest BCUT2D eigenvalue weighted by Gasteiger charge is 2.19. The van der Waals surface area contributed by atoms with Gasteiger partial charge in [-0.15, -0.1) is 0 Å². The zero-order chi connectivity index (χ0) is 19.1. The number of aromatic nitrogens is 1. The van der Waals surface area contributed by atoms with E-state index in [0.29, 0.717) is 11.3 Å². The number of hydrogen-bond acceptors (Lipinski definition) is 5. The normalized spacial score (nSPS) is 11.5. The molecule has 136 valence electrons. The van der Waals surface area contributed by atoms with Crippen LogP contribution >= 0.6 is 11.6 Å². The molecule has 0 bridgehead atoms. The molecule has 1 N–H and O–H groups in total. The molecule has 1 aromatic carbocycles. The van der Waals surface area contributed by atoms with Crippen LogP contribution in [0.3, 0.4) is 0 Å². The lowest BCUT2D eigenvalue weighted by Crippen LogP contribution is -2.30. The van der Waals surface area contributed by atoms with E-state index < -0.39 is 18.0 Å². The van der Waals surface area contributed by atoms with E-state index in [9.17, 15) is 14.4 Å². The first-order chi connectivity index (χ1) is 12.4. The molecule has 1 atom stereocenters. The number of nitrogens with zero attached hydrogens (tertiary/aromatic N) is 1. The van der Waals surface area contributed by atoms with Crippen molar-refractivity contribution in [2.24, 2.45) is 0 Å². The van der Waals surface area contributed by atoms with Gasteiger partial charge in [0.05, 0.1) is 12.1 Å². The molecule has 0 spiro atoms. The van der Waals surface area contributed by atoms with Gasteiger partial charge in [0.25, 0.3) is 5.91 Å². The van der Waals surface area contributed by atoms with E-state index in [-0.39, 0.29) is 23.8 Å². The van der Waals surface area contributed by atoms with Crippen LogP contribution in [0, 0.1) is 6.92 Å². The molecule has 1 amide bonds. The Kier molecular flexibility index (Phi) is 6.86. The molecular weight excluding hydrogens is 356 g/mol. The summed E-state index contributed by atoms with van der Waals surface area (Å²) >= 11 is 5.86. The first kappa shape index (κ1) is 19.6. The smallest absolute Gasteiger partial charge is 0.307 e. The SMILES string of the molecule is Cc1ccc(C(=O)CCC(=O)O[C@@H](C)C(=O)Nc2cccnc2Cl)cc1. The van der Waals surface area contributed by atoms with E-state index in [4.69, 9.17) is 16.3 Å². The standard InChI is InChI=1S/C19H19ClN2O4/c1-12-5-7-14(8-6-12)16(23)9-10-17(24)26-13(2)19(25)22-15-4-3-11-21-18(15)20/h3-8,11,13H,9-10H2,1-2H3,(H,22,25)/t13-/m0/s1. The van der Waals surface area contributed by atoms with Crippen molar-refractivity contribution in [1.29, 1.82) is 0 Å². The van der Waals surface area contributed by atoms with Crippen molar-refractivity contribution in [3.8, 4) is 0 Å². The Hall–Kier alpha value is -2.73. The summed E-state index contributed by atoms with van der Waals surface area (Å²) in [6.07, 6.45) is 0.392. The first-order valence-corrected chi connectivity index (χ1v) is 8.45. The van der Waals surface area contributed by atoms with Crippen LogP contribution in [0.1, 0.15) is 35.7 Å². The number of aryl methyl sites for hydroxylation is 1. The molecule has 0 aliphatic carbocycles. The fraction of sp³-hybridized carbons (Fsp3) is 0.263. The van der Waals surface area contributed by atoms with Crippen molar-refractivity contribution in [3.63, 3.8) is 0 Å². The Bertz CT molecular complexity index is 805. The van der Waals surface area contributed by atoms with Crippen LogP contribution in [-0.2, 0) is 14.3 Å². The molecule has 0 unspecified atom stereocenters. The maximum Gasteiger partial charge on any atom is 0.307 e. The molecule has 26 heavy (non-hydrogen) atoms. The Balaban J connectivity index is 1.81. The highest BCUT2D eigenvalue weighted by Crippen LogP contribution is 2.18. The molecule has 0 aliphatic rings. The number of benzene rings is 1. The van der Waals surface area contributed by atoms with Crippen LogP contribution in [0.25, 0.3) is 0 Å². The fourth-order valence-corrected chi connectivity index (χ4v) is 2.29. The number of ether oxygens (including phenoxy) is 1. The Morgan fingerprint density at radius 1 is 1.15 bits per heavy atom. The second-order valence-corrected chi connectivity index (χ2v) is 6.11. The predicted octanol–water partition coefficient (Wildman–Crippen LogP) is 3.58. The zero-order valence-electron chi connectivity index (χ0n) is 14.5. The number of halogens is 1. The van der Waals surface area contributed by atoms with E-state index in [1.165, 1.54) is 13.1 Å². The molecule has 0 radical (unpaired) electrons. The number of nitrogens with one attached hydrogen (secondary N) is 1. The lowest BCUT2D eigenvalue weighted by atomic mass is 10.1. The lowest BCUT2D eigenvalue weighted by molar-refractivity contribution is -0.153. The molecule has 6 nitrogen and oxygen atoms in total. The van der Waals surface area contributed by atoms with Crippen LogP contribution in [0.2, 0.25) is 5.15 Å². The minimum Gasteiger partial charge on any atom is -0.453 e. The third-order valence-corrected chi connectivity index (χ3v) is 3.93. The van der Waals surface area contributed by atoms with Gasteiger partial charge in [-0.1, -0.05) is 41.4 Å². The number of anilines is 1. The molecule has 2 aromatic rings. The summed E-state index contributed by atoms with van der Waals surface area (Å²) in [6.45, 7) is 3.37. The third-order valence-electron chi connectivity index (χ3n) is 3.62. The van der Waals surface area contributed by atoms with Crippen LogP contribution < -0.4 is 5.32 Å². The number of carbonyl (C=O) groups excluding carboxylic acids is 3. The molecular formula is C19H19ClN2O4. The Morgan fingerprint density at radius 3 is 2.50 bits per heavy atom. The van der Waals surface area contributed by atoms with E-state index in [0.717, 1.165) is 5.56 Å². The van der Waals surface area contributed by atoms with Gasteiger partial charge >= 0.3 is 5.97 Å². The second kappa shape index (κ2) is 9.10.